The summed E-state index contributed by atoms with van der Waals surface area (Å²) >= 11 is 0. The molecule has 1 aliphatic carbocycles. The van der Waals surface area contributed by atoms with E-state index in [1.165, 1.54) is 25.7 Å². The van der Waals surface area contributed by atoms with Crippen LogP contribution < -0.4 is 4.90 Å². The monoisotopic (exact) mass is 268 g/mol. The second-order valence-corrected chi connectivity index (χ2v) is 5.30. The molecule has 1 aliphatic heterocycles. The lowest BCUT2D eigenvalue weighted by Crippen LogP contribution is -2.38. The van der Waals surface area contributed by atoms with E-state index in [1.54, 1.807) is 6.20 Å². The van der Waals surface area contributed by atoms with Crippen LogP contribution in [0.15, 0.2) is 53.5 Å². The maximum Gasteiger partial charge on any atom is 0.190 e. The first-order valence-electron chi connectivity index (χ1n) is 7.02. The van der Waals surface area contributed by atoms with Crippen molar-refractivity contribution < 1.29 is 9.15 Å². The Hall–Kier alpha value is -2.23. The average molecular weight is 268 g/mol. The number of oxazole rings is 1. The van der Waals surface area contributed by atoms with Gasteiger partial charge in [-0.15, -0.1) is 0 Å². The van der Waals surface area contributed by atoms with E-state index in [0.717, 1.165) is 11.4 Å². The van der Waals surface area contributed by atoms with E-state index in [1.807, 2.05) is 24.4 Å². The lowest BCUT2D eigenvalue weighted by Gasteiger charge is -2.36. The zero-order valence-electron chi connectivity index (χ0n) is 11.1. The molecule has 1 unspecified atom stereocenters. The summed E-state index contributed by atoms with van der Waals surface area (Å²) in [6, 6.07) is 10.3. The van der Waals surface area contributed by atoms with Gasteiger partial charge in [0, 0.05) is 11.6 Å². The van der Waals surface area contributed by atoms with Gasteiger partial charge in [0.2, 0.25) is 0 Å². The molecule has 0 N–H and O–H groups in total. The minimum Gasteiger partial charge on any atom is -0.464 e. The van der Waals surface area contributed by atoms with Gasteiger partial charge in [0.25, 0.3) is 0 Å². The third-order valence-electron chi connectivity index (χ3n) is 4.06. The van der Waals surface area contributed by atoms with Crippen LogP contribution in [0.1, 0.15) is 25.0 Å². The smallest absolute Gasteiger partial charge is 0.190 e. The highest BCUT2D eigenvalue weighted by atomic mass is 16.5. The summed E-state index contributed by atoms with van der Waals surface area (Å²) in [6.07, 6.45) is 8.98. The van der Waals surface area contributed by atoms with Crippen molar-refractivity contribution in [2.75, 3.05) is 4.90 Å². The zero-order chi connectivity index (χ0) is 13.4. The first kappa shape index (κ1) is 11.6. The number of para-hydroxylation sites is 1. The maximum absolute atomic E-state index is 6.13. The molecule has 0 amide bonds. The molecule has 0 radical (unpaired) electrons. The summed E-state index contributed by atoms with van der Waals surface area (Å²) in [7, 11) is 0. The van der Waals surface area contributed by atoms with Gasteiger partial charge in [-0.2, -0.15) is 0 Å². The largest absolute Gasteiger partial charge is 0.464 e. The number of hydrogen-bond acceptors (Lipinski definition) is 4. The summed E-state index contributed by atoms with van der Waals surface area (Å²) in [4.78, 5) is 6.17. The standard InChI is InChI=1S/C16H16N2O2/c1-2-7-13(8-3-1)18-10-15(14-9-17-11-19-14)20-16(18)12-5-4-6-12/h1-3,7-12,16H,4-6H2. The SMILES string of the molecule is C1=C(c2cnco2)OC(C2CCC2)N1c1ccccc1. The molecule has 0 saturated heterocycles. The molecule has 1 fully saturated rings. The molecule has 4 nitrogen and oxygen atoms in total. The normalized spacial score (nSPS) is 22.3. The topological polar surface area (TPSA) is 38.5 Å². The molecule has 2 heterocycles. The van der Waals surface area contributed by atoms with Crippen LogP contribution in [0.5, 0.6) is 0 Å². The van der Waals surface area contributed by atoms with E-state index in [0.29, 0.717) is 11.7 Å². The zero-order valence-corrected chi connectivity index (χ0v) is 11.1. The van der Waals surface area contributed by atoms with Crippen molar-refractivity contribution in [3.63, 3.8) is 0 Å². The molecule has 1 aromatic heterocycles. The summed E-state index contributed by atoms with van der Waals surface area (Å²) < 4.78 is 11.5. The lowest BCUT2D eigenvalue weighted by atomic mass is 9.83. The van der Waals surface area contributed by atoms with Crippen molar-refractivity contribution in [1.29, 1.82) is 0 Å². The van der Waals surface area contributed by atoms with Crippen LogP contribution in [0.3, 0.4) is 0 Å². The van der Waals surface area contributed by atoms with Gasteiger partial charge in [0.15, 0.2) is 24.1 Å². The number of ether oxygens (including phenoxy) is 1. The molecule has 1 saturated carbocycles. The highest BCUT2D eigenvalue weighted by molar-refractivity contribution is 5.65. The molecule has 2 aromatic rings. The molecule has 0 bridgehead atoms. The molecule has 2 aliphatic rings. The van der Waals surface area contributed by atoms with E-state index < -0.39 is 0 Å². The third-order valence-corrected chi connectivity index (χ3v) is 4.06. The Morgan fingerprint density at radius 2 is 2.00 bits per heavy atom. The van der Waals surface area contributed by atoms with Crippen LogP contribution in [0.4, 0.5) is 5.69 Å². The molecule has 1 aromatic carbocycles. The van der Waals surface area contributed by atoms with Crippen molar-refractivity contribution in [1.82, 2.24) is 4.98 Å². The Labute approximate surface area is 117 Å². The van der Waals surface area contributed by atoms with E-state index in [2.05, 4.69) is 22.0 Å². The highest BCUT2D eigenvalue weighted by Gasteiger charge is 2.38. The quantitative estimate of drug-likeness (QED) is 0.852. The molecule has 0 spiro atoms. The number of rotatable bonds is 3. The van der Waals surface area contributed by atoms with Gasteiger partial charge < -0.3 is 14.1 Å². The van der Waals surface area contributed by atoms with Crippen molar-refractivity contribution in [3.05, 3.63) is 54.9 Å². The Balaban J connectivity index is 1.68. The van der Waals surface area contributed by atoms with Gasteiger partial charge in [-0.05, 0) is 25.0 Å². The van der Waals surface area contributed by atoms with E-state index in [4.69, 9.17) is 9.15 Å². The first-order valence-corrected chi connectivity index (χ1v) is 7.02. The van der Waals surface area contributed by atoms with Crippen molar-refractivity contribution in [2.45, 2.75) is 25.5 Å². The van der Waals surface area contributed by atoms with Gasteiger partial charge in [0.05, 0.1) is 12.4 Å². The Kier molecular flexibility index (Phi) is 2.73. The number of nitrogens with zero attached hydrogens (tertiary/aromatic N) is 2. The summed E-state index contributed by atoms with van der Waals surface area (Å²) in [5.74, 6) is 2.04. The number of aromatic nitrogens is 1. The van der Waals surface area contributed by atoms with Gasteiger partial charge in [-0.1, -0.05) is 24.6 Å². The molecule has 4 rings (SSSR count). The summed E-state index contributed by atoms with van der Waals surface area (Å²) in [5, 5.41) is 0. The van der Waals surface area contributed by atoms with Crippen molar-refractivity contribution in [3.8, 4) is 0 Å². The van der Waals surface area contributed by atoms with E-state index >= 15 is 0 Å². The van der Waals surface area contributed by atoms with Crippen LogP contribution in [0.25, 0.3) is 5.76 Å². The first-order chi connectivity index (χ1) is 9.92. The minimum atomic E-state index is 0.0752. The molecular formula is C16H16N2O2. The summed E-state index contributed by atoms with van der Waals surface area (Å²) in [5.41, 5.74) is 1.15. The minimum absolute atomic E-state index is 0.0752. The van der Waals surface area contributed by atoms with Crippen LogP contribution in [-0.4, -0.2) is 11.2 Å². The maximum atomic E-state index is 6.13. The van der Waals surface area contributed by atoms with Crippen LogP contribution >= 0.6 is 0 Å². The number of anilines is 1. The Morgan fingerprint density at radius 1 is 1.15 bits per heavy atom. The molecular weight excluding hydrogens is 252 g/mol. The average Bonchev–Trinajstić information content (AvgIpc) is 3.06. The fourth-order valence-corrected chi connectivity index (χ4v) is 2.75. The fraction of sp³-hybridized carbons (Fsp3) is 0.312. The van der Waals surface area contributed by atoms with Gasteiger partial charge in [-0.3, -0.25) is 0 Å². The van der Waals surface area contributed by atoms with Crippen LogP contribution in [-0.2, 0) is 4.74 Å². The second kappa shape index (κ2) is 4.71. The molecule has 102 valence electrons. The van der Waals surface area contributed by atoms with Gasteiger partial charge >= 0.3 is 0 Å². The highest BCUT2D eigenvalue weighted by Crippen LogP contribution is 2.41. The number of hydrogen-bond donors (Lipinski definition) is 0. The van der Waals surface area contributed by atoms with Crippen molar-refractivity contribution >= 4 is 11.4 Å². The van der Waals surface area contributed by atoms with E-state index in [9.17, 15) is 0 Å². The second-order valence-electron chi connectivity index (χ2n) is 5.30. The molecule has 4 heteroatoms. The van der Waals surface area contributed by atoms with Crippen LogP contribution in [0, 0.1) is 5.92 Å². The lowest BCUT2D eigenvalue weighted by molar-refractivity contribution is 0.0769. The van der Waals surface area contributed by atoms with Crippen LogP contribution in [0.2, 0.25) is 0 Å². The fourth-order valence-electron chi connectivity index (χ4n) is 2.75. The number of benzene rings is 1. The van der Waals surface area contributed by atoms with Gasteiger partial charge in [0.1, 0.15) is 0 Å². The summed E-state index contributed by atoms with van der Waals surface area (Å²) in [6.45, 7) is 0. The Morgan fingerprint density at radius 3 is 2.65 bits per heavy atom. The van der Waals surface area contributed by atoms with E-state index in [-0.39, 0.29) is 6.23 Å². The van der Waals surface area contributed by atoms with Gasteiger partial charge in [-0.25, -0.2) is 4.98 Å². The predicted molar refractivity (Wildman–Crippen MR) is 75.6 cm³/mol. The predicted octanol–water partition coefficient (Wildman–Crippen LogP) is 3.64. The molecule has 20 heavy (non-hydrogen) atoms. The van der Waals surface area contributed by atoms with Crippen molar-refractivity contribution in [2.24, 2.45) is 5.92 Å². The Bertz CT molecular complexity index is 603. The molecule has 1 atom stereocenters. The third kappa shape index (κ3) is 1.88.